The fourth-order valence-electron chi connectivity index (χ4n) is 7.74. The minimum atomic E-state index is -1.64. The van der Waals surface area contributed by atoms with E-state index in [1.54, 1.807) is 26.8 Å². The summed E-state index contributed by atoms with van der Waals surface area (Å²) in [5.74, 6) is -2.96. The van der Waals surface area contributed by atoms with Gasteiger partial charge in [-0.15, -0.1) is 11.6 Å². The smallest absolute Gasteiger partial charge is 0.303 e. The van der Waals surface area contributed by atoms with Crippen LogP contribution in [0.3, 0.4) is 0 Å². The molecule has 0 spiro atoms. The van der Waals surface area contributed by atoms with Crippen LogP contribution in [-0.2, 0) is 19.1 Å². The molecule has 4 rings (SSSR count). The summed E-state index contributed by atoms with van der Waals surface area (Å²) in [5, 5.41) is 21.3. The highest BCUT2D eigenvalue weighted by Crippen LogP contribution is 2.72. The van der Waals surface area contributed by atoms with Crippen molar-refractivity contribution in [1.29, 1.82) is 0 Å². The van der Waals surface area contributed by atoms with Crippen molar-refractivity contribution < 1.29 is 33.7 Å². The Morgan fingerprint density at radius 3 is 2.53 bits per heavy atom. The first kappa shape index (κ1) is 23.6. The lowest BCUT2D eigenvalue weighted by molar-refractivity contribution is -0.202. The molecule has 176 valence electrons. The van der Waals surface area contributed by atoms with Gasteiger partial charge < -0.3 is 14.9 Å². The van der Waals surface area contributed by atoms with E-state index in [-0.39, 0.29) is 30.1 Å². The molecule has 9 atom stereocenters. The number of fused-ring (bicyclic) bond motifs is 5. The van der Waals surface area contributed by atoms with Crippen molar-refractivity contribution in [2.75, 3.05) is 6.61 Å². The van der Waals surface area contributed by atoms with Crippen LogP contribution in [0.4, 0.5) is 4.39 Å². The van der Waals surface area contributed by atoms with E-state index in [1.165, 1.54) is 19.1 Å². The second-order valence-corrected chi connectivity index (χ2v) is 11.0. The van der Waals surface area contributed by atoms with Crippen molar-refractivity contribution in [2.45, 2.75) is 69.7 Å². The summed E-state index contributed by atoms with van der Waals surface area (Å²) in [6, 6.07) is 0. The number of hydrogen-bond acceptors (Lipinski definition) is 6. The molecule has 0 heterocycles. The molecule has 6 nitrogen and oxygen atoms in total. The largest absolute Gasteiger partial charge is 0.450 e. The Morgan fingerprint density at radius 1 is 1.28 bits per heavy atom. The van der Waals surface area contributed by atoms with Crippen LogP contribution in [-0.4, -0.2) is 57.1 Å². The maximum Gasteiger partial charge on any atom is 0.303 e. The van der Waals surface area contributed by atoms with Crippen molar-refractivity contribution in [1.82, 2.24) is 0 Å². The van der Waals surface area contributed by atoms with Crippen molar-refractivity contribution in [3.8, 4) is 0 Å². The summed E-state index contributed by atoms with van der Waals surface area (Å²) < 4.78 is 21.2. The molecule has 0 radical (unpaired) electrons. The second-order valence-electron chi connectivity index (χ2n) is 10.4. The Labute approximate surface area is 191 Å². The van der Waals surface area contributed by atoms with Gasteiger partial charge in [0, 0.05) is 23.7 Å². The van der Waals surface area contributed by atoms with Gasteiger partial charge in [0.25, 0.3) is 0 Å². The predicted molar refractivity (Wildman–Crippen MR) is 115 cm³/mol. The van der Waals surface area contributed by atoms with Crippen molar-refractivity contribution >= 4 is 29.1 Å². The lowest BCUT2D eigenvalue weighted by Crippen LogP contribution is -2.70. The van der Waals surface area contributed by atoms with Gasteiger partial charge in [0.2, 0.25) is 5.78 Å². The average Bonchev–Trinajstić information content (AvgIpc) is 2.92. The molecule has 0 bridgehead atoms. The van der Waals surface area contributed by atoms with Gasteiger partial charge >= 0.3 is 5.97 Å². The normalized spacial score (nSPS) is 49.6. The average molecular weight is 469 g/mol. The standard InChI is InChI=1S/C24H30ClFO6/c1-12-7-15-16-9-18(26)17-8-14(29)5-6-21(17,3)23(16,25)19(30)10-22(15,4)24(12,20(31)11-27)32-13(2)28/h5-6,8,12,15-16,18-19,27,30H,7,9-11H2,1-4H3/t12-,15+,16+,18+,19?,21+,22+,23+,24+/m1/s1. The summed E-state index contributed by atoms with van der Waals surface area (Å²) in [7, 11) is 0. The first-order valence-electron chi connectivity index (χ1n) is 11.1. The summed E-state index contributed by atoms with van der Waals surface area (Å²) in [6.07, 6.45) is 2.06. The Bertz CT molecular complexity index is 947. The molecule has 4 aliphatic rings. The Balaban J connectivity index is 1.89. The van der Waals surface area contributed by atoms with E-state index in [1.807, 2.05) is 0 Å². The van der Waals surface area contributed by atoms with Crippen LogP contribution < -0.4 is 0 Å². The number of allylic oxidation sites excluding steroid dienone is 4. The van der Waals surface area contributed by atoms with Crippen LogP contribution in [0.5, 0.6) is 0 Å². The van der Waals surface area contributed by atoms with E-state index in [9.17, 15) is 24.6 Å². The van der Waals surface area contributed by atoms with Crippen LogP contribution >= 0.6 is 11.6 Å². The Morgan fingerprint density at radius 2 is 1.94 bits per heavy atom. The Kier molecular flexibility index (Phi) is 5.32. The van der Waals surface area contributed by atoms with Crippen molar-refractivity contribution in [3.05, 3.63) is 23.8 Å². The maximum atomic E-state index is 15.5. The van der Waals surface area contributed by atoms with E-state index >= 15 is 4.39 Å². The number of aliphatic hydroxyl groups is 2. The Hall–Kier alpha value is -1.57. The molecular formula is C24H30ClFO6. The van der Waals surface area contributed by atoms with Crippen molar-refractivity contribution in [2.24, 2.45) is 28.6 Å². The quantitative estimate of drug-likeness (QED) is 0.488. The highest BCUT2D eigenvalue weighted by atomic mass is 35.5. The topological polar surface area (TPSA) is 101 Å². The maximum absolute atomic E-state index is 15.5. The molecule has 3 fully saturated rings. The molecule has 0 saturated heterocycles. The zero-order valence-corrected chi connectivity index (χ0v) is 19.5. The number of halogens is 2. The first-order valence-corrected chi connectivity index (χ1v) is 11.5. The molecule has 4 aliphatic carbocycles. The molecule has 0 aromatic heterocycles. The zero-order chi connectivity index (χ0) is 23.9. The fourth-order valence-corrected chi connectivity index (χ4v) is 8.23. The van der Waals surface area contributed by atoms with Gasteiger partial charge in [-0.05, 0) is 48.8 Å². The molecule has 0 aliphatic heterocycles. The van der Waals surface area contributed by atoms with Gasteiger partial charge in [-0.3, -0.25) is 14.4 Å². The molecule has 2 N–H and O–H groups in total. The monoisotopic (exact) mass is 468 g/mol. The number of hydrogen-bond donors (Lipinski definition) is 2. The SMILES string of the molecule is CC(=O)O[C@]1(C(=O)CO)[C@H](C)C[C@H]2[C@@H]3C[C@H](F)C4=CC(=O)C=C[C@]4(C)[C@@]3(Cl)C(O)C[C@@]21C. The summed E-state index contributed by atoms with van der Waals surface area (Å²) in [4.78, 5) is 35.9. The zero-order valence-electron chi connectivity index (χ0n) is 18.7. The van der Waals surface area contributed by atoms with Crippen LogP contribution in [0, 0.1) is 28.6 Å². The van der Waals surface area contributed by atoms with Crippen LogP contribution in [0.25, 0.3) is 0 Å². The third kappa shape index (κ3) is 2.62. The predicted octanol–water partition coefficient (Wildman–Crippen LogP) is 2.68. The van der Waals surface area contributed by atoms with Gasteiger partial charge in [-0.25, -0.2) is 4.39 Å². The van der Waals surface area contributed by atoms with Gasteiger partial charge in [0.1, 0.15) is 12.8 Å². The highest BCUT2D eigenvalue weighted by molar-refractivity contribution is 6.26. The van der Waals surface area contributed by atoms with Gasteiger partial charge in [0.15, 0.2) is 11.4 Å². The number of alkyl halides is 2. The lowest BCUT2D eigenvalue weighted by atomic mass is 9.45. The third-order valence-corrected chi connectivity index (χ3v) is 9.96. The second kappa shape index (κ2) is 7.21. The van der Waals surface area contributed by atoms with E-state index in [2.05, 4.69) is 0 Å². The third-order valence-electron chi connectivity index (χ3n) is 9.03. The summed E-state index contributed by atoms with van der Waals surface area (Å²) in [6.45, 7) is 5.70. The number of carbonyl (C=O) groups is 3. The molecule has 8 heteroatoms. The van der Waals surface area contributed by atoms with E-state index in [0.29, 0.717) is 6.42 Å². The summed E-state index contributed by atoms with van der Waals surface area (Å²) >= 11 is 7.28. The number of Topliss-reactive ketones (excluding diaryl/α,β-unsaturated/α-hetero) is 1. The van der Waals surface area contributed by atoms with Crippen LogP contribution in [0.15, 0.2) is 23.8 Å². The van der Waals surface area contributed by atoms with Gasteiger partial charge in [0.05, 0.1) is 11.0 Å². The first-order chi connectivity index (χ1) is 14.8. The minimum Gasteiger partial charge on any atom is -0.450 e. The fraction of sp³-hybridized carbons (Fsp3) is 0.708. The highest BCUT2D eigenvalue weighted by Gasteiger charge is 2.77. The molecule has 0 amide bonds. The number of carbonyl (C=O) groups excluding carboxylic acids is 3. The molecule has 32 heavy (non-hydrogen) atoms. The molecule has 1 unspecified atom stereocenters. The number of ketones is 2. The van der Waals surface area contributed by atoms with Crippen molar-refractivity contribution in [3.63, 3.8) is 0 Å². The lowest BCUT2D eigenvalue weighted by Gasteiger charge is -2.64. The number of ether oxygens (including phenoxy) is 1. The van der Waals surface area contributed by atoms with Crippen LogP contribution in [0.2, 0.25) is 0 Å². The minimum absolute atomic E-state index is 0.0143. The number of esters is 1. The van der Waals surface area contributed by atoms with Gasteiger partial charge in [-0.1, -0.05) is 26.8 Å². The molecule has 0 aromatic rings. The number of aliphatic hydroxyl groups excluding tert-OH is 2. The van der Waals surface area contributed by atoms with E-state index in [4.69, 9.17) is 16.3 Å². The number of rotatable bonds is 3. The molecule has 0 aromatic carbocycles. The molecule has 3 saturated carbocycles. The summed E-state index contributed by atoms with van der Waals surface area (Å²) in [5.41, 5.74) is -3.52. The van der Waals surface area contributed by atoms with E-state index in [0.717, 1.165) is 0 Å². The van der Waals surface area contributed by atoms with Gasteiger partial charge in [-0.2, -0.15) is 0 Å². The van der Waals surface area contributed by atoms with E-state index < -0.39 is 63.8 Å². The van der Waals surface area contributed by atoms with Crippen LogP contribution in [0.1, 0.15) is 47.0 Å². The molecular weight excluding hydrogens is 439 g/mol.